The second-order valence-corrected chi connectivity index (χ2v) is 7.28. The molecule has 1 N–H and O–H groups in total. The summed E-state index contributed by atoms with van der Waals surface area (Å²) in [6, 6.07) is 2.07. The number of thiazole rings is 1. The van der Waals surface area contributed by atoms with Gasteiger partial charge in [-0.2, -0.15) is 11.3 Å². The smallest absolute Gasteiger partial charge is 0.223 e. The second kappa shape index (κ2) is 7.35. The molecule has 4 nitrogen and oxygen atoms in total. The zero-order chi connectivity index (χ0) is 15.4. The lowest BCUT2D eigenvalue weighted by molar-refractivity contribution is -0.128. The summed E-state index contributed by atoms with van der Waals surface area (Å²) in [4.78, 5) is 17.1. The lowest BCUT2D eigenvalue weighted by Crippen LogP contribution is -2.37. The highest BCUT2D eigenvalue weighted by Gasteiger charge is 2.25. The summed E-state index contributed by atoms with van der Waals surface area (Å²) in [5.74, 6) is 0.205. The number of carbonyl (C=O) groups excluding carboxylic acids is 1. The summed E-state index contributed by atoms with van der Waals surface area (Å²) >= 11 is 3.30. The van der Waals surface area contributed by atoms with Crippen LogP contribution in [0.5, 0.6) is 0 Å². The molecule has 1 saturated heterocycles. The second-order valence-electron chi connectivity index (χ2n) is 5.61. The molecule has 1 atom stereocenters. The highest BCUT2D eigenvalue weighted by molar-refractivity contribution is 7.09. The molecule has 2 aromatic rings. The van der Waals surface area contributed by atoms with E-state index in [4.69, 9.17) is 4.74 Å². The van der Waals surface area contributed by atoms with E-state index in [9.17, 15) is 4.79 Å². The molecule has 22 heavy (non-hydrogen) atoms. The molecular formula is C16H20N2O2S2. The number of nitrogens with one attached hydrogen (secondary N) is 1. The minimum Gasteiger partial charge on any atom is -0.381 e. The number of hydrogen-bond acceptors (Lipinski definition) is 5. The highest BCUT2D eigenvalue weighted by atomic mass is 32.1. The van der Waals surface area contributed by atoms with Gasteiger partial charge < -0.3 is 10.1 Å². The van der Waals surface area contributed by atoms with E-state index >= 15 is 0 Å². The van der Waals surface area contributed by atoms with Crippen molar-refractivity contribution in [2.45, 2.75) is 32.2 Å². The predicted molar refractivity (Wildman–Crippen MR) is 89.3 cm³/mol. The molecule has 0 bridgehead atoms. The van der Waals surface area contributed by atoms with Crippen LogP contribution in [-0.4, -0.2) is 24.1 Å². The first kappa shape index (κ1) is 15.6. The van der Waals surface area contributed by atoms with Gasteiger partial charge in [0.15, 0.2) is 0 Å². The zero-order valence-corrected chi connectivity index (χ0v) is 14.2. The Morgan fingerprint density at radius 3 is 2.91 bits per heavy atom. The minimum atomic E-state index is -0.0383. The quantitative estimate of drug-likeness (QED) is 0.911. The molecular weight excluding hydrogens is 316 g/mol. The molecule has 0 radical (unpaired) electrons. The Bertz CT molecular complexity index is 603. The van der Waals surface area contributed by atoms with Crippen molar-refractivity contribution >= 4 is 28.6 Å². The van der Waals surface area contributed by atoms with Gasteiger partial charge in [-0.1, -0.05) is 0 Å². The van der Waals surface area contributed by atoms with E-state index in [0.29, 0.717) is 13.2 Å². The van der Waals surface area contributed by atoms with Crippen LogP contribution in [0.25, 0.3) is 0 Å². The van der Waals surface area contributed by atoms with Crippen LogP contribution in [0.3, 0.4) is 0 Å². The van der Waals surface area contributed by atoms with Gasteiger partial charge in [0.2, 0.25) is 5.91 Å². The first-order valence-corrected chi connectivity index (χ1v) is 9.36. The number of rotatable bonds is 5. The number of thiophene rings is 1. The van der Waals surface area contributed by atoms with E-state index < -0.39 is 0 Å². The lowest BCUT2D eigenvalue weighted by Gasteiger charge is -2.24. The van der Waals surface area contributed by atoms with Crippen LogP contribution in [0.2, 0.25) is 0 Å². The number of aromatic nitrogens is 1. The molecule has 118 valence electrons. The minimum absolute atomic E-state index is 0.0383. The van der Waals surface area contributed by atoms with Gasteiger partial charge in [0.25, 0.3) is 0 Å². The average Bonchev–Trinajstić information content (AvgIpc) is 3.19. The number of carbonyl (C=O) groups is 1. The Balaban J connectivity index is 1.71. The molecule has 6 heteroatoms. The van der Waals surface area contributed by atoms with Gasteiger partial charge in [-0.15, -0.1) is 11.3 Å². The predicted octanol–water partition coefficient (Wildman–Crippen LogP) is 3.34. The van der Waals surface area contributed by atoms with Crippen molar-refractivity contribution < 1.29 is 9.53 Å². The van der Waals surface area contributed by atoms with Gasteiger partial charge in [-0.3, -0.25) is 4.79 Å². The molecule has 0 spiro atoms. The van der Waals surface area contributed by atoms with Crippen LogP contribution in [0.15, 0.2) is 22.2 Å². The number of amides is 1. The summed E-state index contributed by atoms with van der Waals surface area (Å²) in [7, 11) is 0. The summed E-state index contributed by atoms with van der Waals surface area (Å²) in [5.41, 5.74) is 2.26. The third-order valence-electron chi connectivity index (χ3n) is 3.86. The van der Waals surface area contributed by atoms with Crippen LogP contribution in [-0.2, 0) is 16.0 Å². The summed E-state index contributed by atoms with van der Waals surface area (Å²) in [5, 5.41) is 10.4. The van der Waals surface area contributed by atoms with Crippen LogP contribution in [0.1, 0.15) is 35.1 Å². The number of hydrogen-bond donors (Lipinski definition) is 1. The Morgan fingerprint density at radius 1 is 1.45 bits per heavy atom. The van der Waals surface area contributed by atoms with Crippen molar-refractivity contribution in [2.24, 2.45) is 5.92 Å². The van der Waals surface area contributed by atoms with Gasteiger partial charge >= 0.3 is 0 Å². The van der Waals surface area contributed by atoms with Crippen molar-refractivity contribution in [2.75, 3.05) is 13.2 Å². The van der Waals surface area contributed by atoms with Crippen molar-refractivity contribution in [1.29, 1.82) is 0 Å². The van der Waals surface area contributed by atoms with Crippen LogP contribution < -0.4 is 5.32 Å². The first-order valence-electron chi connectivity index (χ1n) is 7.53. The van der Waals surface area contributed by atoms with E-state index in [-0.39, 0.29) is 17.9 Å². The number of ether oxygens (including phenoxy) is 1. The molecule has 1 aliphatic rings. The van der Waals surface area contributed by atoms with E-state index in [0.717, 1.165) is 30.0 Å². The highest BCUT2D eigenvalue weighted by Crippen LogP contribution is 2.25. The van der Waals surface area contributed by atoms with Gasteiger partial charge in [0.05, 0.1) is 6.04 Å². The number of aryl methyl sites for hydroxylation is 1. The van der Waals surface area contributed by atoms with Gasteiger partial charge in [-0.25, -0.2) is 4.98 Å². The zero-order valence-electron chi connectivity index (χ0n) is 12.6. The van der Waals surface area contributed by atoms with Crippen molar-refractivity contribution in [3.63, 3.8) is 0 Å². The Labute approximate surface area is 138 Å². The van der Waals surface area contributed by atoms with Gasteiger partial charge in [0, 0.05) is 36.6 Å². The molecule has 2 aromatic heterocycles. The normalized spacial score (nSPS) is 17.3. The van der Waals surface area contributed by atoms with E-state index in [1.165, 1.54) is 5.56 Å². The lowest BCUT2D eigenvalue weighted by atomic mass is 9.98. The monoisotopic (exact) mass is 336 g/mol. The van der Waals surface area contributed by atoms with Crippen LogP contribution >= 0.6 is 22.7 Å². The first-order chi connectivity index (χ1) is 10.7. The maximum Gasteiger partial charge on any atom is 0.223 e. The Hall–Kier alpha value is -1.24. The standard InChI is InChI=1S/C16H20N2O2S2/c1-11-9-22-16(17-11)14(8-12-4-7-21-10-12)18-15(19)13-2-5-20-6-3-13/h4,7,9-10,13-14H,2-3,5-6,8H2,1H3,(H,18,19)/t14-/m1/s1. The Morgan fingerprint density at radius 2 is 2.27 bits per heavy atom. The summed E-state index contributed by atoms with van der Waals surface area (Å²) in [6.45, 7) is 3.36. The summed E-state index contributed by atoms with van der Waals surface area (Å²) < 4.78 is 5.34. The maximum atomic E-state index is 12.5. The molecule has 1 aliphatic heterocycles. The van der Waals surface area contributed by atoms with Crippen molar-refractivity contribution in [1.82, 2.24) is 10.3 Å². The topological polar surface area (TPSA) is 51.2 Å². The molecule has 3 heterocycles. The van der Waals surface area contributed by atoms with E-state index in [1.807, 2.05) is 12.3 Å². The molecule has 0 aliphatic carbocycles. The molecule has 0 saturated carbocycles. The number of nitrogens with zero attached hydrogens (tertiary/aromatic N) is 1. The molecule has 3 rings (SSSR count). The van der Waals surface area contributed by atoms with Gasteiger partial charge in [-0.05, 0) is 42.2 Å². The van der Waals surface area contributed by atoms with Crippen LogP contribution in [0.4, 0.5) is 0 Å². The fourth-order valence-electron chi connectivity index (χ4n) is 2.63. The molecule has 1 amide bonds. The largest absolute Gasteiger partial charge is 0.381 e. The molecule has 0 aromatic carbocycles. The summed E-state index contributed by atoms with van der Waals surface area (Å²) in [6.07, 6.45) is 2.42. The maximum absolute atomic E-state index is 12.5. The van der Waals surface area contributed by atoms with Gasteiger partial charge in [0.1, 0.15) is 5.01 Å². The molecule has 1 fully saturated rings. The molecule has 0 unspecified atom stereocenters. The van der Waals surface area contributed by atoms with E-state index in [2.05, 4.69) is 27.1 Å². The average molecular weight is 336 g/mol. The third kappa shape index (κ3) is 3.94. The van der Waals surface area contributed by atoms with Crippen LogP contribution in [0, 0.1) is 12.8 Å². The van der Waals surface area contributed by atoms with E-state index in [1.54, 1.807) is 22.7 Å². The fourth-order valence-corrected chi connectivity index (χ4v) is 4.15. The SMILES string of the molecule is Cc1csc([C@@H](Cc2ccsc2)NC(=O)C2CCOCC2)n1. The third-order valence-corrected chi connectivity index (χ3v) is 5.67. The van der Waals surface area contributed by atoms with Crippen molar-refractivity contribution in [3.05, 3.63) is 38.5 Å². The van der Waals surface area contributed by atoms with Crippen molar-refractivity contribution in [3.8, 4) is 0 Å². The fraction of sp³-hybridized carbons (Fsp3) is 0.500. The Kier molecular flexibility index (Phi) is 5.23.